The summed E-state index contributed by atoms with van der Waals surface area (Å²) >= 11 is 0. The van der Waals surface area contributed by atoms with Gasteiger partial charge in [0.2, 0.25) is 0 Å². The van der Waals surface area contributed by atoms with Gasteiger partial charge in [-0.05, 0) is 31.4 Å². The van der Waals surface area contributed by atoms with Crippen molar-refractivity contribution in [2.75, 3.05) is 51.3 Å². The number of ether oxygens (including phenoxy) is 1. The summed E-state index contributed by atoms with van der Waals surface area (Å²) in [6.45, 7) is 5.65. The average Bonchev–Trinajstić information content (AvgIpc) is 3.19. The van der Waals surface area contributed by atoms with Crippen LogP contribution in [0, 0.1) is 0 Å². The molecule has 146 valence electrons. The molecule has 7 heteroatoms. The first-order valence-corrected chi connectivity index (χ1v) is 9.60. The Labute approximate surface area is 174 Å². The average molecular weight is 473 g/mol. The minimum atomic E-state index is 0. The van der Waals surface area contributed by atoms with Gasteiger partial charge in [0, 0.05) is 52.6 Å². The van der Waals surface area contributed by atoms with E-state index in [9.17, 15) is 0 Å². The molecule has 1 saturated heterocycles. The highest BCUT2D eigenvalue weighted by Crippen LogP contribution is 2.20. The Balaban J connectivity index is 0.00000243. The number of guanidine groups is 1. The molecular formula is C19H32IN5O. The zero-order chi connectivity index (χ0) is 17.3. The standard InChI is InChI=1S/C19H31N5O.HI/c1-20-19(22-11-6-16-25-17-7-2-3-8-17)24-14-12-23(13-15-24)18-9-4-5-10-21-18;/h4-5,9-10,17H,2-3,6-8,11-16H2,1H3,(H,20,22);1H. The number of hydrogen-bond donors (Lipinski definition) is 1. The van der Waals surface area contributed by atoms with Crippen molar-refractivity contribution in [2.45, 2.75) is 38.2 Å². The monoisotopic (exact) mass is 473 g/mol. The van der Waals surface area contributed by atoms with Crippen LogP contribution in [-0.2, 0) is 4.74 Å². The third-order valence-corrected chi connectivity index (χ3v) is 5.02. The summed E-state index contributed by atoms with van der Waals surface area (Å²) in [6, 6.07) is 6.08. The Morgan fingerprint density at radius 3 is 2.65 bits per heavy atom. The van der Waals surface area contributed by atoms with E-state index in [0.717, 1.165) is 57.5 Å². The maximum Gasteiger partial charge on any atom is 0.193 e. The molecule has 0 amide bonds. The maximum absolute atomic E-state index is 5.92. The van der Waals surface area contributed by atoms with Crippen LogP contribution in [0.5, 0.6) is 0 Å². The molecule has 0 atom stereocenters. The highest BCUT2D eigenvalue weighted by molar-refractivity contribution is 14.0. The second-order valence-electron chi connectivity index (χ2n) is 6.77. The molecule has 1 aliphatic carbocycles. The molecule has 2 fully saturated rings. The van der Waals surface area contributed by atoms with Crippen LogP contribution in [0.2, 0.25) is 0 Å². The van der Waals surface area contributed by atoms with Crippen molar-refractivity contribution in [3.05, 3.63) is 24.4 Å². The van der Waals surface area contributed by atoms with Crippen molar-refractivity contribution >= 4 is 35.8 Å². The van der Waals surface area contributed by atoms with E-state index in [0.29, 0.717) is 6.10 Å². The lowest BCUT2D eigenvalue weighted by molar-refractivity contribution is 0.0573. The molecule has 1 aromatic heterocycles. The van der Waals surface area contributed by atoms with E-state index in [1.807, 2.05) is 25.4 Å². The lowest BCUT2D eigenvalue weighted by atomic mass is 10.3. The van der Waals surface area contributed by atoms with Crippen molar-refractivity contribution < 1.29 is 4.74 Å². The predicted octanol–water partition coefficient (Wildman–Crippen LogP) is 2.75. The molecule has 2 heterocycles. The molecule has 0 spiro atoms. The first-order chi connectivity index (χ1) is 12.4. The fourth-order valence-corrected chi connectivity index (χ4v) is 3.60. The van der Waals surface area contributed by atoms with Crippen LogP contribution in [0.15, 0.2) is 29.4 Å². The summed E-state index contributed by atoms with van der Waals surface area (Å²) in [6.07, 6.45) is 8.56. The first kappa shape index (κ1) is 21.2. The second kappa shape index (κ2) is 11.6. The van der Waals surface area contributed by atoms with E-state index >= 15 is 0 Å². The van der Waals surface area contributed by atoms with Crippen LogP contribution < -0.4 is 10.2 Å². The molecule has 6 nitrogen and oxygen atoms in total. The Morgan fingerprint density at radius 2 is 2.00 bits per heavy atom. The molecule has 1 aliphatic heterocycles. The van der Waals surface area contributed by atoms with E-state index in [-0.39, 0.29) is 24.0 Å². The van der Waals surface area contributed by atoms with E-state index in [4.69, 9.17) is 4.74 Å². The number of nitrogens with zero attached hydrogens (tertiary/aromatic N) is 4. The van der Waals surface area contributed by atoms with Gasteiger partial charge in [0.05, 0.1) is 6.10 Å². The molecule has 0 aromatic carbocycles. The Bertz CT molecular complexity index is 528. The summed E-state index contributed by atoms with van der Waals surface area (Å²) < 4.78 is 5.92. The van der Waals surface area contributed by atoms with Crippen molar-refractivity contribution in [3.63, 3.8) is 0 Å². The van der Waals surface area contributed by atoms with Gasteiger partial charge in [-0.3, -0.25) is 4.99 Å². The number of pyridine rings is 1. The van der Waals surface area contributed by atoms with Crippen LogP contribution in [0.25, 0.3) is 0 Å². The second-order valence-corrected chi connectivity index (χ2v) is 6.77. The van der Waals surface area contributed by atoms with Gasteiger partial charge in [-0.2, -0.15) is 0 Å². The first-order valence-electron chi connectivity index (χ1n) is 9.60. The van der Waals surface area contributed by atoms with E-state index in [1.54, 1.807) is 0 Å². The zero-order valence-electron chi connectivity index (χ0n) is 15.8. The maximum atomic E-state index is 5.92. The van der Waals surface area contributed by atoms with Crippen molar-refractivity contribution in [3.8, 4) is 0 Å². The number of halogens is 1. The molecule has 0 bridgehead atoms. The lowest BCUT2D eigenvalue weighted by Crippen LogP contribution is -2.52. The molecule has 3 rings (SSSR count). The number of nitrogens with one attached hydrogen (secondary N) is 1. The fraction of sp³-hybridized carbons (Fsp3) is 0.684. The SMILES string of the molecule is CN=C(NCCCOC1CCCC1)N1CCN(c2ccccn2)CC1.I. The highest BCUT2D eigenvalue weighted by atomic mass is 127. The third-order valence-electron chi connectivity index (χ3n) is 5.02. The van der Waals surface area contributed by atoms with Gasteiger partial charge in [-0.25, -0.2) is 4.98 Å². The summed E-state index contributed by atoms with van der Waals surface area (Å²) in [5.41, 5.74) is 0. The van der Waals surface area contributed by atoms with Gasteiger partial charge in [0.1, 0.15) is 5.82 Å². The quantitative estimate of drug-likeness (QED) is 0.298. The minimum absolute atomic E-state index is 0. The van der Waals surface area contributed by atoms with Crippen LogP contribution in [-0.4, -0.2) is 68.3 Å². The lowest BCUT2D eigenvalue weighted by Gasteiger charge is -2.37. The molecule has 1 N–H and O–H groups in total. The van der Waals surface area contributed by atoms with Gasteiger partial charge in [-0.15, -0.1) is 24.0 Å². The van der Waals surface area contributed by atoms with Crippen LogP contribution in [0.1, 0.15) is 32.1 Å². The smallest absolute Gasteiger partial charge is 0.193 e. The summed E-state index contributed by atoms with van der Waals surface area (Å²) in [5.74, 6) is 2.07. The van der Waals surface area contributed by atoms with Crippen LogP contribution >= 0.6 is 24.0 Å². The van der Waals surface area contributed by atoms with Crippen molar-refractivity contribution in [2.24, 2.45) is 4.99 Å². The molecule has 0 radical (unpaired) electrons. The zero-order valence-corrected chi connectivity index (χ0v) is 18.1. The molecule has 26 heavy (non-hydrogen) atoms. The normalized spacial score (nSPS) is 18.7. The van der Waals surface area contributed by atoms with Gasteiger partial charge in [0.15, 0.2) is 5.96 Å². The number of piperazine rings is 1. The fourth-order valence-electron chi connectivity index (χ4n) is 3.60. The van der Waals surface area contributed by atoms with Gasteiger partial charge < -0.3 is 19.9 Å². The Morgan fingerprint density at radius 1 is 1.23 bits per heavy atom. The van der Waals surface area contributed by atoms with Crippen molar-refractivity contribution in [1.82, 2.24) is 15.2 Å². The van der Waals surface area contributed by atoms with E-state index in [1.165, 1.54) is 25.7 Å². The topological polar surface area (TPSA) is 53.0 Å². The van der Waals surface area contributed by atoms with E-state index in [2.05, 4.69) is 31.2 Å². The molecule has 1 aromatic rings. The summed E-state index contributed by atoms with van der Waals surface area (Å²) in [7, 11) is 1.86. The Hall–Kier alpha value is -1.09. The van der Waals surface area contributed by atoms with E-state index < -0.39 is 0 Å². The Kier molecular flexibility index (Phi) is 9.45. The number of anilines is 1. The predicted molar refractivity (Wildman–Crippen MR) is 118 cm³/mol. The van der Waals surface area contributed by atoms with Crippen LogP contribution in [0.4, 0.5) is 5.82 Å². The number of aromatic nitrogens is 1. The largest absolute Gasteiger partial charge is 0.378 e. The molecule has 1 saturated carbocycles. The molecule has 0 unspecified atom stereocenters. The summed E-state index contributed by atoms with van der Waals surface area (Å²) in [5, 5.41) is 3.48. The highest BCUT2D eigenvalue weighted by Gasteiger charge is 2.20. The van der Waals surface area contributed by atoms with Crippen LogP contribution in [0.3, 0.4) is 0 Å². The minimum Gasteiger partial charge on any atom is -0.378 e. The molecule has 2 aliphatic rings. The summed E-state index contributed by atoms with van der Waals surface area (Å²) in [4.78, 5) is 13.5. The number of aliphatic imine (C=N–C) groups is 1. The third kappa shape index (κ3) is 6.26. The number of hydrogen-bond acceptors (Lipinski definition) is 4. The number of rotatable bonds is 6. The van der Waals surface area contributed by atoms with Crippen molar-refractivity contribution in [1.29, 1.82) is 0 Å². The van der Waals surface area contributed by atoms with Gasteiger partial charge >= 0.3 is 0 Å². The van der Waals surface area contributed by atoms with Gasteiger partial charge in [-0.1, -0.05) is 18.9 Å². The molecular weight excluding hydrogens is 441 g/mol. The van der Waals surface area contributed by atoms with Gasteiger partial charge in [0.25, 0.3) is 0 Å².